The lowest BCUT2D eigenvalue weighted by atomic mass is 10.1. The van der Waals surface area contributed by atoms with Gasteiger partial charge < -0.3 is 5.32 Å². The van der Waals surface area contributed by atoms with Crippen LogP contribution in [0.2, 0.25) is 0 Å². The second-order valence-corrected chi connectivity index (χ2v) is 5.80. The molecule has 0 aliphatic carbocycles. The fraction of sp³-hybridized carbons (Fsp3) is 0.429. The Morgan fingerprint density at radius 3 is 2.33 bits per heavy atom. The number of hydrogen-bond acceptors (Lipinski definition) is 3. The van der Waals surface area contributed by atoms with E-state index in [1.165, 1.54) is 0 Å². The van der Waals surface area contributed by atoms with Gasteiger partial charge in [-0.2, -0.15) is 18.3 Å². The van der Waals surface area contributed by atoms with E-state index < -0.39 is 11.7 Å². The molecule has 0 atom stereocenters. The molecule has 2 heterocycles. The summed E-state index contributed by atoms with van der Waals surface area (Å²) in [6.07, 6.45) is -1.05. The van der Waals surface area contributed by atoms with Crippen LogP contribution in [0.4, 0.5) is 13.2 Å². The molecule has 0 saturated carbocycles. The second-order valence-electron chi connectivity index (χ2n) is 5.80. The minimum atomic E-state index is -4.39. The van der Waals surface area contributed by atoms with Gasteiger partial charge in [-0.15, -0.1) is 0 Å². The predicted octanol–water partition coefficient (Wildman–Crippen LogP) is 3.17. The zero-order chi connectivity index (χ0) is 15.7. The highest BCUT2D eigenvalue weighted by atomic mass is 19.4. The highest BCUT2D eigenvalue weighted by molar-refractivity contribution is 5.26. The van der Waals surface area contributed by atoms with Crippen LogP contribution in [0.15, 0.2) is 30.7 Å². The zero-order valence-electron chi connectivity index (χ0n) is 12.1. The largest absolute Gasteiger partial charge is 0.419 e. The fourth-order valence-corrected chi connectivity index (χ4v) is 1.62. The quantitative estimate of drug-likeness (QED) is 0.946. The number of halogens is 3. The zero-order valence-corrected chi connectivity index (χ0v) is 12.1. The molecule has 0 amide bonds. The summed E-state index contributed by atoms with van der Waals surface area (Å²) in [4.78, 5) is 4.14. The molecular formula is C14H17F3N4. The van der Waals surface area contributed by atoms with Crippen molar-refractivity contribution in [2.24, 2.45) is 0 Å². The van der Waals surface area contributed by atoms with Gasteiger partial charge in [0.15, 0.2) is 5.82 Å². The Bertz CT molecular complexity index is 594. The van der Waals surface area contributed by atoms with Gasteiger partial charge in [0.1, 0.15) is 0 Å². The molecular weight excluding hydrogens is 281 g/mol. The van der Waals surface area contributed by atoms with Gasteiger partial charge in [0.25, 0.3) is 0 Å². The van der Waals surface area contributed by atoms with Crippen molar-refractivity contribution in [1.29, 1.82) is 0 Å². The summed E-state index contributed by atoms with van der Waals surface area (Å²) in [6, 6.07) is 3.46. The van der Waals surface area contributed by atoms with E-state index in [9.17, 15) is 13.2 Å². The molecule has 21 heavy (non-hydrogen) atoms. The fourth-order valence-electron chi connectivity index (χ4n) is 1.62. The first kappa shape index (κ1) is 15.5. The van der Waals surface area contributed by atoms with Crippen molar-refractivity contribution in [2.45, 2.75) is 39.0 Å². The molecule has 4 nitrogen and oxygen atoms in total. The van der Waals surface area contributed by atoms with E-state index in [-0.39, 0.29) is 5.54 Å². The molecule has 0 radical (unpaired) electrons. The highest BCUT2D eigenvalue weighted by Crippen LogP contribution is 2.28. The number of nitrogens with one attached hydrogen (secondary N) is 1. The van der Waals surface area contributed by atoms with Gasteiger partial charge in [0, 0.05) is 24.5 Å². The molecule has 0 aromatic carbocycles. The highest BCUT2D eigenvalue weighted by Gasteiger charge is 2.32. The predicted molar refractivity (Wildman–Crippen MR) is 73.0 cm³/mol. The Balaban J connectivity index is 2.10. The van der Waals surface area contributed by atoms with Gasteiger partial charge in [0.2, 0.25) is 0 Å². The van der Waals surface area contributed by atoms with Crippen LogP contribution in [-0.2, 0) is 12.7 Å². The van der Waals surface area contributed by atoms with E-state index in [1.807, 2.05) is 6.07 Å². The van der Waals surface area contributed by atoms with Crippen LogP contribution in [0.3, 0.4) is 0 Å². The van der Waals surface area contributed by atoms with Crippen LogP contribution >= 0.6 is 0 Å². The van der Waals surface area contributed by atoms with Crippen LogP contribution < -0.4 is 5.32 Å². The van der Waals surface area contributed by atoms with Crippen molar-refractivity contribution >= 4 is 0 Å². The third-order valence-electron chi connectivity index (χ3n) is 2.78. The summed E-state index contributed by atoms with van der Waals surface area (Å²) in [5.74, 6) is 0.352. The Morgan fingerprint density at radius 1 is 1.14 bits per heavy atom. The number of pyridine rings is 1. The average Bonchev–Trinajstić information content (AvgIpc) is 2.85. The third-order valence-corrected chi connectivity index (χ3v) is 2.78. The second kappa shape index (κ2) is 5.48. The average molecular weight is 298 g/mol. The molecule has 0 bridgehead atoms. The van der Waals surface area contributed by atoms with Gasteiger partial charge in [-0.05, 0) is 32.4 Å². The van der Waals surface area contributed by atoms with Crippen molar-refractivity contribution in [3.8, 4) is 5.82 Å². The van der Waals surface area contributed by atoms with Gasteiger partial charge in [-0.3, -0.25) is 0 Å². The van der Waals surface area contributed by atoms with Crippen LogP contribution in [0.5, 0.6) is 0 Å². The molecule has 7 heteroatoms. The molecule has 114 valence electrons. The first-order valence-electron chi connectivity index (χ1n) is 6.47. The molecule has 0 unspecified atom stereocenters. The van der Waals surface area contributed by atoms with Gasteiger partial charge in [-0.1, -0.05) is 6.07 Å². The van der Waals surface area contributed by atoms with E-state index in [0.717, 1.165) is 22.6 Å². The van der Waals surface area contributed by atoms with Crippen molar-refractivity contribution in [2.75, 3.05) is 0 Å². The Hall–Kier alpha value is -1.89. The summed E-state index contributed by atoms with van der Waals surface area (Å²) < 4.78 is 38.6. The summed E-state index contributed by atoms with van der Waals surface area (Å²) in [6.45, 7) is 6.80. The van der Waals surface area contributed by atoms with Crippen molar-refractivity contribution in [3.05, 3.63) is 41.9 Å². The molecule has 2 aromatic rings. The number of alkyl halides is 3. The third kappa shape index (κ3) is 4.29. The minimum absolute atomic E-state index is 0.0116. The summed E-state index contributed by atoms with van der Waals surface area (Å²) in [5, 5.41) is 7.00. The lowest BCUT2D eigenvalue weighted by molar-refractivity contribution is -0.137. The maximum Gasteiger partial charge on any atom is 0.419 e. The number of nitrogens with zero attached hydrogens (tertiary/aromatic N) is 3. The molecule has 0 aliphatic heterocycles. The van der Waals surface area contributed by atoms with Gasteiger partial charge in [0.05, 0.1) is 11.8 Å². The standard InChI is InChI=1S/C14H17F3N4/c1-13(2,3)19-7-10-4-5-12(18-6-10)21-9-11(8-20-21)14(15,16)17/h4-6,8-9,19H,7H2,1-3H3. The SMILES string of the molecule is CC(C)(C)NCc1ccc(-n2cc(C(F)(F)F)cn2)nc1. The van der Waals surface area contributed by atoms with Crippen LogP contribution in [0.25, 0.3) is 5.82 Å². The Labute approximate surface area is 121 Å². The summed E-state index contributed by atoms with van der Waals surface area (Å²) in [7, 11) is 0. The van der Waals surface area contributed by atoms with Crippen molar-refractivity contribution in [3.63, 3.8) is 0 Å². The summed E-state index contributed by atoms with van der Waals surface area (Å²) in [5.41, 5.74) is 0.155. The molecule has 0 fully saturated rings. The topological polar surface area (TPSA) is 42.7 Å². The maximum absolute atomic E-state index is 12.5. The van der Waals surface area contributed by atoms with E-state index >= 15 is 0 Å². The van der Waals surface area contributed by atoms with E-state index in [2.05, 4.69) is 36.2 Å². The van der Waals surface area contributed by atoms with Crippen LogP contribution in [0, 0.1) is 0 Å². The van der Waals surface area contributed by atoms with Crippen LogP contribution in [0.1, 0.15) is 31.9 Å². The van der Waals surface area contributed by atoms with Gasteiger partial charge in [-0.25, -0.2) is 9.67 Å². The lowest BCUT2D eigenvalue weighted by Crippen LogP contribution is -2.35. The van der Waals surface area contributed by atoms with Gasteiger partial charge >= 0.3 is 6.18 Å². The molecule has 2 rings (SSSR count). The molecule has 1 N–H and O–H groups in total. The summed E-state index contributed by atoms with van der Waals surface area (Å²) >= 11 is 0. The van der Waals surface area contributed by atoms with Crippen molar-refractivity contribution in [1.82, 2.24) is 20.1 Å². The molecule has 2 aromatic heterocycles. The lowest BCUT2D eigenvalue weighted by Gasteiger charge is -2.20. The smallest absolute Gasteiger partial charge is 0.308 e. The maximum atomic E-state index is 12.5. The monoisotopic (exact) mass is 298 g/mol. The normalized spacial score (nSPS) is 12.7. The first-order chi connectivity index (χ1) is 9.65. The van der Waals surface area contributed by atoms with E-state index in [0.29, 0.717) is 12.4 Å². The van der Waals surface area contributed by atoms with Crippen molar-refractivity contribution < 1.29 is 13.2 Å². The number of hydrogen-bond donors (Lipinski definition) is 1. The van der Waals surface area contributed by atoms with Crippen LogP contribution in [-0.4, -0.2) is 20.3 Å². The Morgan fingerprint density at radius 2 is 1.86 bits per heavy atom. The minimum Gasteiger partial charge on any atom is -0.308 e. The first-order valence-corrected chi connectivity index (χ1v) is 6.47. The van der Waals surface area contributed by atoms with E-state index in [1.54, 1.807) is 12.3 Å². The molecule has 0 saturated heterocycles. The number of rotatable bonds is 3. The Kier molecular flexibility index (Phi) is 4.04. The number of aromatic nitrogens is 3. The van der Waals surface area contributed by atoms with E-state index in [4.69, 9.17) is 0 Å². The molecule has 0 spiro atoms. The molecule has 0 aliphatic rings.